The van der Waals surface area contributed by atoms with Crippen LogP contribution in [0.15, 0.2) is 48.5 Å². The fourth-order valence-electron chi connectivity index (χ4n) is 3.72. The third-order valence-corrected chi connectivity index (χ3v) is 5.38. The molecule has 0 saturated carbocycles. The van der Waals surface area contributed by atoms with Gasteiger partial charge in [-0.1, -0.05) is 42.5 Å². The summed E-state index contributed by atoms with van der Waals surface area (Å²) in [6, 6.07) is 13.3. The quantitative estimate of drug-likeness (QED) is 0.665. The average molecular weight is 451 g/mol. The van der Waals surface area contributed by atoms with Crippen molar-refractivity contribution in [2.75, 3.05) is 0 Å². The Kier molecular flexibility index (Phi) is 6.34. The highest BCUT2D eigenvalue weighted by molar-refractivity contribution is 6.05. The molecule has 2 heterocycles. The smallest absolute Gasteiger partial charge is 0.416 e. The molecule has 1 atom stereocenters. The van der Waals surface area contributed by atoms with Crippen molar-refractivity contribution < 1.29 is 33.4 Å². The van der Waals surface area contributed by atoms with Crippen molar-refractivity contribution in [3.8, 4) is 0 Å². The van der Waals surface area contributed by atoms with Crippen LogP contribution in [-0.2, 0) is 38.8 Å². The zero-order chi connectivity index (χ0) is 23.4. The van der Waals surface area contributed by atoms with Gasteiger partial charge in [0, 0.05) is 18.5 Å². The van der Waals surface area contributed by atoms with Crippen LogP contribution in [0.3, 0.4) is 0 Å². The minimum absolute atomic E-state index is 0.0105. The number of nitrogens with one attached hydrogen (secondary N) is 2. The van der Waals surface area contributed by atoms with E-state index in [0.29, 0.717) is 11.1 Å². The highest BCUT2D eigenvalue weighted by Crippen LogP contribution is 2.28. The summed E-state index contributed by atoms with van der Waals surface area (Å²) in [7, 11) is 0. The molecule has 0 aliphatic carbocycles. The van der Waals surface area contributed by atoms with Crippen LogP contribution in [0, 0.1) is 0 Å². The second-order valence-corrected chi connectivity index (χ2v) is 7.65. The van der Waals surface area contributed by atoms with E-state index in [-0.39, 0.29) is 44.4 Å². The van der Waals surface area contributed by atoms with Gasteiger partial charge in [0.2, 0.25) is 11.8 Å². The maximum atomic E-state index is 12.8. The number of ether oxygens (including phenoxy) is 2. The second kappa shape index (κ2) is 9.51. The van der Waals surface area contributed by atoms with Crippen molar-refractivity contribution in [1.29, 1.82) is 0 Å². The Morgan fingerprint density at radius 2 is 1.67 bits per heavy atom. The molecular formula is C23H21N3O7. The lowest BCUT2D eigenvalue weighted by Crippen LogP contribution is -2.52. The molecule has 0 spiro atoms. The van der Waals surface area contributed by atoms with Crippen molar-refractivity contribution >= 4 is 29.9 Å². The molecule has 0 radical (unpaired) electrons. The van der Waals surface area contributed by atoms with E-state index >= 15 is 0 Å². The highest BCUT2D eigenvalue weighted by atomic mass is 16.6. The van der Waals surface area contributed by atoms with Gasteiger partial charge in [0.05, 0.1) is 0 Å². The summed E-state index contributed by atoms with van der Waals surface area (Å²) in [5.41, 5.74) is 2.46. The number of amides is 5. The molecule has 33 heavy (non-hydrogen) atoms. The van der Waals surface area contributed by atoms with Gasteiger partial charge in [-0.05, 0) is 29.2 Å². The Hall–Kier alpha value is -4.21. The molecule has 2 aromatic carbocycles. The van der Waals surface area contributed by atoms with Gasteiger partial charge >= 0.3 is 12.2 Å². The monoisotopic (exact) mass is 451 g/mol. The maximum absolute atomic E-state index is 12.8. The van der Waals surface area contributed by atoms with E-state index < -0.39 is 24.1 Å². The highest BCUT2D eigenvalue weighted by Gasteiger charge is 2.39. The van der Waals surface area contributed by atoms with Crippen LogP contribution in [0.5, 0.6) is 0 Å². The lowest BCUT2D eigenvalue weighted by atomic mass is 10.0. The number of alkyl carbamates (subject to hydrolysis) is 2. The molecule has 10 heteroatoms. The lowest BCUT2D eigenvalue weighted by Gasteiger charge is -2.29. The number of imide groups is 2. The summed E-state index contributed by atoms with van der Waals surface area (Å²) < 4.78 is 10.00. The fraction of sp³-hybridized carbons (Fsp3) is 0.261. The van der Waals surface area contributed by atoms with Gasteiger partial charge in [-0.2, -0.15) is 0 Å². The molecule has 2 aromatic rings. The number of hydrogen-bond donors (Lipinski definition) is 2. The number of piperidine rings is 1. The Labute approximate surface area is 188 Å². The number of carbonyl (C=O) groups is 5. The third kappa shape index (κ3) is 5.17. The Bertz CT molecular complexity index is 1120. The predicted molar refractivity (Wildman–Crippen MR) is 112 cm³/mol. The molecular weight excluding hydrogens is 430 g/mol. The molecule has 1 fully saturated rings. The summed E-state index contributed by atoms with van der Waals surface area (Å²) in [4.78, 5) is 61.4. The summed E-state index contributed by atoms with van der Waals surface area (Å²) in [6.07, 6.45) is -1.46. The van der Waals surface area contributed by atoms with Crippen molar-refractivity contribution in [2.45, 2.75) is 38.6 Å². The first-order valence-corrected chi connectivity index (χ1v) is 10.3. The molecule has 1 saturated heterocycles. The molecule has 0 aromatic heterocycles. The van der Waals surface area contributed by atoms with Gasteiger partial charge in [0.25, 0.3) is 5.91 Å². The van der Waals surface area contributed by atoms with Crippen LogP contribution >= 0.6 is 0 Å². The van der Waals surface area contributed by atoms with E-state index in [0.717, 1.165) is 11.1 Å². The number of hydrogen-bond acceptors (Lipinski definition) is 7. The SMILES string of the molecule is O=C1CCC(N2Cc3ccc(COC(=O)NC(=O)OCc4ccccc4)cc3C2=O)C(=O)N1. The van der Waals surface area contributed by atoms with Crippen LogP contribution in [0.1, 0.15) is 39.9 Å². The van der Waals surface area contributed by atoms with Crippen LogP contribution < -0.4 is 10.6 Å². The molecule has 0 bridgehead atoms. The predicted octanol–water partition coefficient (Wildman–Crippen LogP) is 2.01. The third-order valence-electron chi connectivity index (χ3n) is 5.38. The van der Waals surface area contributed by atoms with Crippen LogP contribution in [-0.4, -0.2) is 40.8 Å². The molecule has 10 nitrogen and oxygen atoms in total. The molecule has 2 aliphatic heterocycles. The second-order valence-electron chi connectivity index (χ2n) is 7.65. The molecule has 2 N–H and O–H groups in total. The summed E-state index contributed by atoms with van der Waals surface area (Å²) in [5, 5.41) is 4.23. The summed E-state index contributed by atoms with van der Waals surface area (Å²) in [5.74, 6) is -1.15. The number of rotatable bonds is 5. The van der Waals surface area contributed by atoms with Gasteiger partial charge < -0.3 is 14.4 Å². The summed E-state index contributed by atoms with van der Waals surface area (Å²) >= 11 is 0. The van der Waals surface area contributed by atoms with E-state index in [1.54, 1.807) is 42.5 Å². The lowest BCUT2D eigenvalue weighted by molar-refractivity contribution is -0.136. The summed E-state index contributed by atoms with van der Waals surface area (Å²) in [6.45, 7) is 0.0999. The van der Waals surface area contributed by atoms with Crippen molar-refractivity contribution in [3.63, 3.8) is 0 Å². The number of carbonyl (C=O) groups excluding carboxylic acids is 5. The van der Waals surface area contributed by atoms with Gasteiger partial charge in [-0.15, -0.1) is 0 Å². The van der Waals surface area contributed by atoms with Crippen molar-refractivity contribution in [1.82, 2.24) is 15.5 Å². The van der Waals surface area contributed by atoms with Crippen molar-refractivity contribution in [2.24, 2.45) is 0 Å². The Morgan fingerprint density at radius 3 is 2.36 bits per heavy atom. The first kappa shape index (κ1) is 22.0. The molecule has 170 valence electrons. The van der Waals surface area contributed by atoms with Crippen LogP contribution in [0.25, 0.3) is 0 Å². The Balaban J connectivity index is 1.28. The molecule has 4 rings (SSSR count). The van der Waals surface area contributed by atoms with E-state index in [1.807, 2.05) is 11.4 Å². The first-order valence-electron chi connectivity index (χ1n) is 10.3. The zero-order valence-electron chi connectivity index (χ0n) is 17.5. The molecule has 1 unspecified atom stereocenters. The van der Waals surface area contributed by atoms with Crippen molar-refractivity contribution in [3.05, 3.63) is 70.8 Å². The van der Waals surface area contributed by atoms with Gasteiger partial charge in [0.15, 0.2) is 0 Å². The van der Waals surface area contributed by atoms with E-state index in [2.05, 4.69) is 5.32 Å². The minimum atomic E-state index is -0.981. The van der Waals surface area contributed by atoms with Crippen LogP contribution in [0.4, 0.5) is 9.59 Å². The fourth-order valence-corrected chi connectivity index (χ4v) is 3.72. The van der Waals surface area contributed by atoms with E-state index in [1.165, 1.54) is 4.90 Å². The maximum Gasteiger partial charge on any atom is 0.416 e. The first-order chi connectivity index (χ1) is 15.9. The number of fused-ring (bicyclic) bond motifs is 1. The number of nitrogens with zero attached hydrogens (tertiary/aromatic N) is 1. The van der Waals surface area contributed by atoms with Gasteiger partial charge in [-0.3, -0.25) is 19.7 Å². The average Bonchev–Trinajstić information content (AvgIpc) is 3.13. The largest absolute Gasteiger partial charge is 0.444 e. The molecule has 2 aliphatic rings. The van der Waals surface area contributed by atoms with Gasteiger partial charge in [0.1, 0.15) is 19.3 Å². The van der Waals surface area contributed by atoms with Gasteiger partial charge in [-0.25, -0.2) is 14.9 Å². The van der Waals surface area contributed by atoms with E-state index in [4.69, 9.17) is 9.47 Å². The normalized spacial score (nSPS) is 17.3. The Morgan fingerprint density at radius 1 is 0.970 bits per heavy atom. The minimum Gasteiger partial charge on any atom is -0.444 e. The topological polar surface area (TPSA) is 131 Å². The number of benzene rings is 2. The van der Waals surface area contributed by atoms with E-state index in [9.17, 15) is 24.0 Å². The standard InChI is InChI=1S/C23H21N3O7/c27-19-9-8-18(20(28)24-19)26-11-16-7-6-15(10-17(16)21(26)29)13-33-23(31)25-22(30)32-12-14-4-2-1-3-5-14/h1-7,10,18H,8-9,11-13H2,(H,24,27,28)(H,25,30,31). The van der Waals surface area contributed by atoms with Crippen LogP contribution in [0.2, 0.25) is 0 Å². The zero-order valence-corrected chi connectivity index (χ0v) is 17.5. The molecule has 5 amide bonds.